The van der Waals surface area contributed by atoms with Crippen LogP contribution in [0.2, 0.25) is 0 Å². The summed E-state index contributed by atoms with van der Waals surface area (Å²) in [5, 5.41) is 12.0. The molecule has 0 aliphatic carbocycles. The lowest BCUT2D eigenvalue weighted by Crippen LogP contribution is -2.41. The molecule has 2 N–H and O–H groups in total. The van der Waals surface area contributed by atoms with Gasteiger partial charge in [-0.15, -0.1) is 10.2 Å². The van der Waals surface area contributed by atoms with Gasteiger partial charge >= 0.3 is 0 Å². The Morgan fingerprint density at radius 3 is 2.55 bits per heavy atom. The molecule has 33 heavy (non-hydrogen) atoms. The molecular formula is C25H23N5O2S. The third kappa shape index (κ3) is 4.29. The number of anilines is 1. The fourth-order valence-corrected chi connectivity index (χ4v) is 4.91. The van der Waals surface area contributed by atoms with Crippen LogP contribution in [0, 0.1) is 6.92 Å². The zero-order valence-electron chi connectivity index (χ0n) is 18.2. The minimum Gasteiger partial charge on any atom is -0.497 e. The Hall–Kier alpha value is -3.78. The number of methoxy groups -OCH3 is 1. The van der Waals surface area contributed by atoms with Crippen molar-refractivity contribution in [3.8, 4) is 17.1 Å². The van der Waals surface area contributed by atoms with E-state index in [9.17, 15) is 4.79 Å². The maximum Gasteiger partial charge on any atom is 0.240 e. The molecule has 5 rings (SSSR count). The van der Waals surface area contributed by atoms with Gasteiger partial charge in [-0.3, -0.25) is 4.79 Å². The van der Waals surface area contributed by atoms with Crippen molar-refractivity contribution in [1.29, 1.82) is 0 Å². The number of ether oxygens (including phenoxy) is 1. The molecule has 8 heteroatoms. The number of aryl methyl sites for hydroxylation is 1. The fourth-order valence-electron chi connectivity index (χ4n) is 3.83. The molecule has 0 fully saturated rings. The second-order valence-corrected chi connectivity index (χ2v) is 8.89. The van der Waals surface area contributed by atoms with E-state index in [0.29, 0.717) is 11.0 Å². The first-order chi connectivity index (χ1) is 16.1. The van der Waals surface area contributed by atoms with Gasteiger partial charge in [0.15, 0.2) is 5.82 Å². The number of nitrogens with zero attached hydrogens (tertiary/aromatic N) is 3. The van der Waals surface area contributed by atoms with E-state index in [1.165, 1.54) is 11.8 Å². The highest BCUT2D eigenvalue weighted by atomic mass is 32.2. The van der Waals surface area contributed by atoms with Crippen LogP contribution in [-0.4, -0.2) is 33.1 Å². The summed E-state index contributed by atoms with van der Waals surface area (Å²) in [5.41, 5.74) is 7.26. The van der Waals surface area contributed by atoms with Crippen molar-refractivity contribution in [3.05, 3.63) is 90.0 Å². The first-order valence-electron chi connectivity index (χ1n) is 10.6. The maximum absolute atomic E-state index is 13.4. The third-order valence-corrected chi connectivity index (χ3v) is 6.70. The highest BCUT2D eigenvalue weighted by Gasteiger charge is 2.38. The SMILES string of the molecule is COc1ccc([C@H]2Nn3c(nnc3-c3ccccc3)S[C@H]2C(=O)Nc2cccc(C)c2)cc1. The minimum atomic E-state index is -0.459. The molecule has 7 nitrogen and oxygen atoms in total. The van der Waals surface area contributed by atoms with E-state index in [-0.39, 0.29) is 11.9 Å². The van der Waals surface area contributed by atoms with Crippen molar-refractivity contribution >= 4 is 23.4 Å². The zero-order valence-corrected chi connectivity index (χ0v) is 19.0. The smallest absolute Gasteiger partial charge is 0.240 e. The molecule has 2 heterocycles. The summed E-state index contributed by atoms with van der Waals surface area (Å²) in [6.45, 7) is 2.00. The largest absolute Gasteiger partial charge is 0.497 e. The average molecular weight is 458 g/mol. The maximum atomic E-state index is 13.4. The van der Waals surface area contributed by atoms with Gasteiger partial charge < -0.3 is 15.5 Å². The molecule has 1 aromatic heterocycles. The normalized spacial score (nSPS) is 17.0. The van der Waals surface area contributed by atoms with E-state index in [1.54, 1.807) is 7.11 Å². The fraction of sp³-hybridized carbons (Fsp3) is 0.160. The molecule has 0 spiro atoms. The van der Waals surface area contributed by atoms with Gasteiger partial charge in [0.25, 0.3) is 0 Å². The molecule has 4 aromatic rings. The van der Waals surface area contributed by atoms with Crippen LogP contribution < -0.4 is 15.5 Å². The summed E-state index contributed by atoms with van der Waals surface area (Å²) in [6, 6.07) is 25.1. The Labute approximate surface area is 196 Å². The van der Waals surface area contributed by atoms with Crippen LogP contribution in [0.25, 0.3) is 11.4 Å². The number of carbonyl (C=O) groups is 1. The minimum absolute atomic E-state index is 0.102. The molecule has 1 aliphatic heterocycles. The number of carbonyl (C=O) groups excluding carboxylic acids is 1. The number of hydrogen-bond acceptors (Lipinski definition) is 6. The molecule has 0 saturated carbocycles. The van der Waals surface area contributed by atoms with Gasteiger partial charge in [-0.25, -0.2) is 4.68 Å². The van der Waals surface area contributed by atoms with Crippen molar-refractivity contribution in [2.24, 2.45) is 0 Å². The van der Waals surface area contributed by atoms with Crippen LogP contribution in [0.3, 0.4) is 0 Å². The Balaban J connectivity index is 1.51. The van der Waals surface area contributed by atoms with Gasteiger partial charge in [0.1, 0.15) is 11.0 Å². The Morgan fingerprint density at radius 2 is 1.82 bits per heavy atom. The number of rotatable bonds is 5. The number of nitrogens with one attached hydrogen (secondary N) is 2. The highest BCUT2D eigenvalue weighted by Crippen LogP contribution is 2.39. The number of fused-ring (bicyclic) bond motifs is 1. The van der Waals surface area contributed by atoms with E-state index in [2.05, 4.69) is 20.9 Å². The van der Waals surface area contributed by atoms with Crippen LogP contribution in [0.15, 0.2) is 84.0 Å². The Morgan fingerprint density at radius 1 is 1.03 bits per heavy atom. The topological polar surface area (TPSA) is 81.1 Å². The van der Waals surface area contributed by atoms with Crippen LogP contribution in [0.4, 0.5) is 5.69 Å². The second-order valence-electron chi connectivity index (χ2n) is 7.78. The summed E-state index contributed by atoms with van der Waals surface area (Å²) < 4.78 is 7.18. The van der Waals surface area contributed by atoms with Crippen molar-refractivity contribution in [1.82, 2.24) is 14.9 Å². The summed E-state index contributed by atoms with van der Waals surface area (Å²) in [4.78, 5) is 13.4. The van der Waals surface area contributed by atoms with Crippen LogP contribution in [-0.2, 0) is 4.79 Å². The van der Waals surface area contributed by atoms with Crippen molar-refractivity contribution in [3.63, 3.8) is 0 Å². The quantitative estimate of drug-likeness (QED) is 0.454. The number of thioether (sulfide) groups is 1. The molecule has 0 unspecified atom stereocenters. The van der Waals surface area contributed by atoms with E-state index < -0.39 is 5.25 Å². The number of benzene rings is 3. The molecule has 166 valence electrons. The van der Waals surface area contributed by atoms with E-state index in [4.69, 9.17) is 4.74 Å². The molecule has 0 saturated heterocycles. The summed E-state index contributed by atoms with van der Waals surface area (Å²) in [6.07, 6.45) is 0. The molecule has 0 radical (unpaired) electrons. The van der Waals surface area contributed by atoms with E-state index in [0.717, 1.165) is 28.1 Å². The van der Waals surface area contributed by atoms with Gasteiger partial charge in [0.2, 0.25) is 11.1 Å². The number of amides is 1. The first-order valence-corrected chi connectivity index (χ1v) is 11.5. The second kappa shape index (κ2) is 8.99. The lowest BCUT2D eigenvalue weighted by molar-refractivity contribution is -0.116. The number of hydrogen-bond donors (Lipinski definition) is 2. The summed E-state index contributed by atoms with van der Waals surface area (Å²) >= 11 is 1.40. The first kappa shape index (κ1) is 21.1. The Bertz CT molecular complexity index is 1270. The highest BCUT2D eigenvalue weighted by molar-refractivity contribution is 8.00. The molecule has 3 aromatic carbocycles. The summed E-state index contributed by atoms with van der Waals surface area (Å²) in [5.74, 6) is 1.36. The molecule has 2 atom stereocenters. The van der Waals surface area contributed by atoms with Crippen molar-refractivity contribution < 1.29 is 9.53 Å². The average Bonchev–Trinajstić information content (AvgIpc) is 3.27. The third-order valence-electron chi connectivity index (χ3n) is 5.49. The van der Waals surface area contributed by atoms with Crippen LogP contribution in [0.5, 0.6) is 5.75 Å². The molecular weight excluding hydrogens is 434 g/mol. The van der Waals surface area contributed by atoms with Gasteiger partial charge in [0, 0.05) is 11.3 Å². The lowest BCUT2D eigenvalue weighted by atomic mass is 10.0. The monoisotopic (exact) mass is 457 g/mol. The van der Waals surface area contributed by atoms with Gasteiger partial charge in [-0.2, -0.15) is 0 Å². The molecule has 1 aliphatic rings. The number of aromatic nitrogens is 3. The molecule has 0 bridgehead atoms. The van der Waals surface area contributed by atoms with Gasteiger partial charge in [-0.05, 0) is 42.3 Å². The van der Waals surface area contributed by atoms with E-state index in [1.807, 2.05) is 90.5 Å². The lowest BCUT2D eigenvalue weighted by Gasteiger charge is -2.33. The van der Waals surface area contributed by atoms with Crippen LogP contribution >= 0.6 is 11.8 Å². The van der Waals surface area contributed by atoms with Crippen molar-refractivity contribution in [2.75, 3.05) is 17.9 Å². The predicted octanol–water partition coefficient (Wildman–Crippen LogP) is 4.66. The van der Waals surface area contributed by atoms with Crippen molar-refractivity contribution in [2.45, 2.75) is 23.4 Å². The predicted molar refractivity (Wildman–Crippen MR) is 130 cm³/mol. The van der Waals surface area contributed by atoms with E-state index >= 15 is 0 Å². The van der Waals surface area contributed by atoms with Gasteiger partial charge in [-0.1, -0.05) is 66.4 Å². The summed E-state index contributed by atoms with van der Waals surface area (Å²) in [7, 11) is 1.64. The van der Waals surface area contributed by atoms with Gasteiger partial charge in [0.05, 0.1) is 13.2 Å². The van der Waals surface area contributed by atoms with Crippen LogP contribution in [0.1, 0.15) is 17.2 Å². The standard InChI is InChI=1S/C25H23N5O2S/c1-16-7-6-10-19(15-16)26-24(31)22-21(17-11-13-20(32-2)14-12-17)29-30-23(27-28-25(30)33-22)18-8-4-3-5-9-18/h3-15,21-22,29H,1-2H3,(H,26,31)/t21-,22-/m1/s1. The molecule has 1 amide bonds. The Kier molecular flexibility index (Phi) is 5.75. The zero-order chi connectivity index (χ0) is 22.8.